The van der Waals surface area contributed by atoms with Gasteiger partial charge in [0, 0.05) is 55.5 Å². The molecule has 2 unspecified atom stereocenters. The zero-order valence-electron chi connectivity index (χ0n) is 25.5. The second-order valence-electron chi connectivity index (χ2n) is 12.6. The van der Waals surface area contributed by atoms with Crippen LogP contribution in [0.4, 0.5) is 27.7 Å². The molecule has 3 aromatic rings. The van der Waals surface area contributed by atoms with E-state index in [-0.39, 0.29) is 35.4 Å². The van der Waals surface area contributed by atoms with Gasteiger partial charge in [-0.2, -0.15) is 9.97 Å². The van der Waals surface area contributed by atoms with Crippen LogP contribution in [0.3, 0.4) is 0 Å². The van der Waals surface area contributed by atoms with E-state index in [0.717, 1.165) is 37.1 Å². The number of aliphatic hydroxyl groups is 2. The SMILES string of the molecule is O=S1CCc2nc(Cl)nc(NC3(CO)CC3)c21.O=S1CCc2nc(N3CCN(c4ccc(Cl)cc4F)CC3)nc(NC3(CO)CC3)c21. The molecule has 0 amide bonds. The third-order valence-electron chi connectivity index (χ3n) is 9.23. The van der Waals surface area contributed by atoms with Crippen LogP contribution in [0.2, 0.25) is 10.3 Å². The zero-order chi connectivity index (χ0) is 32.9. The van der Waals surface area contributed by atoms with Gasteiger partial charge >= 0.3 is 0 Å². The summed E-state index contributed by atoms with van der Waals surface area (Å²) in [7, 11) is -2.17. The molecule has 0 bridgehead atoms. The van der Waals surface area contributed by atoms with Crippen LogP contribution in [0.1, 0.15) is 37.1 Å². The lowest BCUT2D eigenvalue weighted by atomic mass is 10.2. The van der Waals surface area contributed by atoms with Crippen LogP contribution in [0.5, 0.6) is 0 Å². The fourth-order valence-electron chi connectivity index (χ4n) is 6.00. The first-order valence-corrected chi connectivity index (χ1v) is 19.0. The Morgan fingerprint density at radius 2 is 1.32 bits per heavy atom. The van der Waals surface area contributed by atoms with Crippen molar-refractivity contribution in [2.24, 2.45) is 0 Å². The molecule has 2 saturated carbocycles. The second-order valence-corrected chi connectivity index (χ2v) is 16.4. The maximum absolute atomic E-state index is 14.3. The van der Waals surface area contributed by atoms with Gasteiger partial charge < -0.3 is 30.6 Å². The van der Waals surface area contributed by atoms with Crippen molar-refractivity contribution in [2.45, 2.75) is 59.4 Å². The number of rotatable bonds is 8. The molecule has 2 atom stereocenters. The van der Waals surface area contributed by atoms with Gasteiger partial charge in [-0.25, -0.2) is 14.4 Å². The van der Waals surface area contributed by atoms with Crippen molar-refractivity contribution in [1.29, 1.82) is 0 Å². The third-order valence-corrected chi connectivity index (χ3v) is 12.6. The van der Waals surface area contributed by atoms with Gasteiger partial charge in [-0.05, 0) is 55.5 Å². The lowest BCUT2D eigenvalue weighted by Gasteiger charge is -2.36. The topological polar surface area (TPSA) is 157 Å². The monoisotopic (exact) mass is 724 g/mol. The van der Waals surface area contributed by atoms with Crippen molar-refractivity contribution in [3.63, 3.8) is 0 Å². The van der Waals surface area contributed by atoms with Crippen LogP contribution in [-0.2, 0) is 34.4 Å². The van der Waals surface area contributed by atoms with Crippen LogP contribution in [0, 0.1) is 5.82 Å². The highest BCUT2D eigenvalue weighted by molar-refractivity contribution is 7.85. The minimum Gasteiger partial charge on any atom is -0.394 e. The molecule has 1 saturated heterocycles. The zero-order valence-corrected chi connectivity index (χ0v) is 28.6. The highest BCUT2D eigenvalue weighted by Crippen LogP contribution is 2.42. The van der Waals surface area contributed by atoms with Crippen molar-refractivity contribution in [2.75, 3.05) is 71.3 Å². The van der Waals surface area contributed by atoms with Gasteiger partial charge in [0.2, 0.25) is 11.2 Å². The Morgan fingerprint density at radius 3 is 1.85 bits per heavy atom. The molecular formula is C30H35Cl2FN8O4S2. The molecule has 0 spiro atoms. The average Bonchev–Trinajstić information content (AvgIpc) is 3.95. The van der Waals surface area contributed by atoms with E-state index in [1.807, 2.05) is 4.90 Å². The van der Waals surface area contributed by atoms with Gasteiger partial charge in [0.15, 0.2) is 0 Å². The van der Waals surface area contributed by atoms with Crippen LogP contribution in [0.25, 0.3) is 0 Å². The lowest BCUT2D eigenvalue weighted by Crippen LogP contribution is -2.47. The van der Waals surface area contributed by atoms with E-state index in [1.165, 1.54) is 6.07 Å². The number of aromatic nitrogens is 4. The molecule has 0 radical (unpaired) electrons. The lowest BCUT2D eigenvalue weighted by molar-refractivity contribution is 0.265. The number of nitrogens with zero attached hydrogens (tertiary/aromatic N) is 6. The van der Waals surface area contributed by atoms with E-state index >= 15 is 0 Å². The molecule has 3 aliphatic heterocycles. The average molecular weight is 726 g/mol. The third kappa shape index (κ3) is 6.79. The molecule has 3 fully saturated rings. The first kappa shape index (κ1) is 32.8. The van der Waals surface area contributed by atoms with E-state index in [9.17, 15) is 23.0 Å². The fourth-order valence-corrected chi connectivity index (χ4v) is 8.95. The molecular weight excluding hydrogens is 690 g/mol. The van der Waals surface area contributed by atoms with Gasteiger partial charge in [-0.1, -0.05) is 11.6 Å². The Balaban J connectivity index is 0.000000174. The standard InChI is InChI=1S/C20H23ClFN5O2S.C10H12ClN3O2S/c21-13-1-2-16(14(22)11-13)26-6-8-27(9-7-26)19-23-15-3-10-30(29)17(15)18(24-19)25-20(12-28)4-5-20;11-9-12-6-1-4-17(16)7(6)8(13-9)14-10(5-15)2-3-10/h1-2,11,28H,3-10,12H2,(H,23,24,25);15H,1-5H2,(H,12,13,14). The summed E-state index contributed by atoms with van der Waals surface area (Å²) in [6.07, 6.45) is 4.86. The van der Waals surface area contributed by atoms with Crippen molar-refractivity contribution in [3.05, 3.63) is 45.7 Å². The maximum atomic E-state index is 14.3. The Morgan fingerprint density at radius 1 is 0.787 bits per heavy atom. The molecule has 4 N–H and O–H groups in total. The predicted octanol–water partition coefficient (Wildman–Crippen LogP) is 2.93. The van der Waals surface area contributed by atoms with E-state index < -0.39 is 21.6 Å². The normalized spacial score (nSPS) is 23.0. The number of hydrogen-bond donors (Lipinski definition) is 4. The summed E-state index contributed by atoms with van der Waals surface area (Å²) >= 11 is 11.7. The van der Waals surface area contributed by atoms with Crippen molar-refractivity contribution in [1.82, 2.24) is 19.9 Å². The first-order chi connectivity index (χ1) is 22.6. The number of benzene rings is 1. The summed E-state index contributed by atoms with van der Waals surface area (Å²) in [6, 6.07) is 4.74. The minimum atomic E-state index is -1.12. The van der Waals surface area contributed by atoms with Crippen molar-refractivity contribution >= 4 is 68.1 Å². The highest BCUT2D eigenvalue weighted by atomic mass is 35.5. The van der Waals surface area contributed by atoms with Gasteiger partial charge in [0.1, 0.15) is 27.2 Å². The minimum absolute atomic E-state index is 0.0269. The Kier molecular flexibility index (Phi) is 9.06. The number of halogens is 3. The smallest absolute Gasteiger partial charge is 0.227 e. The quantitative estimate of drug-likeness (QED) is 0.253. The molecule has 5 aliphatic rings. The van der Waals surface area contributed by atoms with E-state index in [4.69, 9.17) is 33.2 Å². The predicted molar refractivity (Wildman–Crippen MR) is 180 cm³/mol. The summed E-state index contributed by atoms with van der Waals surface area (Å²) in [4.78, 5) is 23.0. The van der Waals surface area contributed by atoms with E-state index in [0.29, 0.717) is 88.6 Å². The highest BCUT2D eigenvalue weighted by Gasteiger charge is 2.45. The van der Waals surface area contributed by atoms with Crippen LogP contribution in [0.15, 0.2) is 28.0 Å². The van der Waals surface area contributed by atoms with Gasteiger partial charge in [-0.3, -0.25) is 8.42 Å². The molecule has 2 aromatic heterocycles. The molecule has 47 heavy (non-hydrogen) atoms. The van der Waals surface area contributed by atoms with Crippen LogP contribution >= 0.6 is 23.2 Å². The summed E-state index contributed by atoms with van der Waals surface area (Å²) < 4.78 is 38.6. The molecule has 1 aromatic carbocycles. The van der Waals surface area contributed by atoms with E-state index in [1.54, 1.807) is 12.1 Å². The van der Waals surface area contributed by atoms with Crippen LogP contribution < -0.4 is 20.4 Å². The number of aliphatic hydroxyl groups excluding tert-OH is 2. The van der Waals surface area contributed by atoms with Gasteiger partial charge in [0.25, 0.3) is 0 Å². The molecule has 252 valence electrons. The number of hydrogen-bond acceptors (Lipinski definition) is 12. The number of nitrogens with one attached hydrogen (secondary N) is 2. The van der Waals surface area contributed by atoms with Crippen molar-refractivity contribution < 1.29 is 23.0 Å². The molecule has 8 rings (SSSR count). The number of piperazine rings is 1. The van der Waals surface area contributed by atoms with Gasteiger partial charge in [0.05, 0.1) is 63.0 Å². The maximum Gasteiger partial charge on any atom is 0.227 e. The summed E-state index contributed by atoms with van der Waals surface area (Å²) in [6.45, 7) is 2.64. The molecule has 12 nitrogen and oxygen atoms in total. The molecule has 2 aliphatic carbocycles. The number of anilines is 4. The van der Waals surface area contributed by atoms with Gasteiger partial charge in [-0.15, -0.1) is 0 Å². The Hall–Kier alpha value is -2.69. The summed E-state index contributed by atoms with van der Waals surface area (Å²) in [5.74, 6) is 2.52. The second kappa shape index (κ2) is 13.0. The fraction of sp³-hybridized carbons (Fsp3) is 0.533. The largest absolute Gasteiger partial charge is 0.394 e. The van der Waals surface area contributed by atoms with Crippen LogP contribution in [-0.4, -0.2) is 101 Å². The number of fused-ring (bicyclic) bond motifs is 2. The summed E-state index contributed by atoms with van der Waals surface area (Å²) in [5, 5.41) is 26.0. The Bertz CT molecular complexity index is 1760. The first-order valence-electron chi connectivity index (χ1n) is 15.6. The number of aryl methyl sites for hydroxylation is 2. The van der Waals surface area contributed by atoms with E-state index in [2.05, 4.69) is 25.5 Å². The molecule has 5 heterocycles. The Labute approximate surface area is 286 Å². The molecule has 17 heteroatoms. The summed E-state index contributed by atoms with van der Waals surface area (Å²) in [5.41, 5.74) is 1.49. The van der Waals surface area contributed by atoms with Crippen molar-refractivity contribution in [3.8, 4) is 0 Å².